The van der Waals surface area contributed by atoms with Crippen LogP contribution in [0.25, 0.3) is 0 Å². The second-order valence-corrected chi connectivity index (χ2v) is 4.23. The first-order chi connectivity index (χ1) is 9.40. The van der Waals surface area contributed by atoms with E-state index >= 15 is 0 Å². The molecule has 7 nitrogen and oxygen atoms in total. The molecule has 0 bridgehead atoms. The quantitative estimate of drug-likeness (QED) is 0.457. The Bertz CT molecular complexity index is 390. The van der Waals surface area contributed by atoms with Crippen LogP contribution < -0.4 is 10.6 Å². The van der Waals surface area contributed by atoms with Crippen LogP contribution in [0.15, 0.2) is 11.1 Å². The number of imide groups is 1. The number of amides is 3. The molecule has 0 saturated heterocycles. The van der Waals surface area contributed by atoms with Crippen molar-refractivity contribution in [3.63, 3.8) is 0 Å². The minimum atomic E-state index is -1.19. The zero-order chi connectivity index (χ0) is 15.5. The third-order valence-corrected chi connectivity index (χ3v) is 2.63. The summed E-state index contributed by atoms with van der Waals surface area (Å²) >= 11 is 0. The minimum absolute atomic E-state index is 0.00755. The van der Waals surface area contributed by atoms with Crippen LogP contribution in [0, 0.1) is 0 Å². The summed E-state index contributed by atoms with van der Waals surface area (Å²) in [5.74, 6) is -1.92. The van der Waals surface area contributed by atoms with Crippen molar-refractivity contribution in [1.29, 1.82) is 0 Å². The van der Waals surface area contributed by atoms with E-state index in [2.05, 4.69) is 17.6 Å². The van der Waals surface area contributed by atoms with Crippen molar-refractivity contribution < 1.29 is 24.2 Å². The summed E-state index contributed by atoms with van der Waals surface area (Å²) < 4.78 is 5.23. The van der Waals surface area contributed by atoms with Crippen LogP contribution in [-0.2, 0) is 14.3 Å². The molecule has 0 atom stereocenters. The van der Waals surface area contributed by atoms with Gasteiger partial charge in [0.25, 0.3) is 5.91 Å². The Labute approximate surface area is 118 Å². The van der Waals surface area contributed by atoms with Gasteiger partial charge in [-0.1, -0.05) is 13.3 Å². The summed E-state index contributed by atoms with van der Waals surface area (Å²) in [5.41, 5.74) is -0.106. The fraction of sp³-hybridized carbons (Fsp3) is 0.615. The van der Waals surface area contributed by atoms with Crippen molar-refractivity contribution in [2.45, 2.75) is 33.6 Å². The highest BCUT2D eigenvalue weighted by Crippen LogP contribution is 2.03. The molecule has 3 N–H and O–H groups in total. The van der Waals surface area contributed by atoms with E-state index in [-0.39, 0.29) is 17.7 Å². The van der Waals surface area contributed by atoms with Gasteiger partial charge in [0.15, 0.2) is 0 Å². The fourth-order valence-corrected chi connectivity index (χ4v) is 1.16. The standard InChI is InChI=1S/C13H22N2O5/c1-4-5-7-20-8-6-14-13(19)15-11(16)9(2)10(3)12(17)18/h4-8H2,1-3H3,(H,17,18)(H2,14,15,16,19). The number of nitrogens with one attached hydrogen (secondary N) is 2. The largest absolute Gasteiger partial charge is 0.478 e. The van der Waals surface area contributed by atoms with Gasteiger partial charge in [-0.3, -0.25) is 10.1 Å². The summed E-state index contributed by atoms with van der Waals surface area (Å²) in [7, 11) is 0. The molecule has 0 unspecified atom stereocenters. The molecule has 0 aromatic carbocycles. The molecule has 0 saturated carbocycles. The number of carbonyl (C=O) groups is 3. The predicted octanol–water partition coefficient (Wildman–Crippen LogP) is 1.05. The second-order valence-electron chi connectivity index (χ2n) is 4.23. The SMILES string of the molecule is CCCCOCCNC(=O)NC(=O)C(C)=C(C)C(=O)O. The zero-order valence-corrected chi connectivity index (χ0v) is 12.1. The van der Waals surface area contributed by atoms with Crippen molar-refractivity contribution >= 4 is 17.9 Å². The Hall–Kier alpha value is -1.89. The smallest absolute Gasteiger partial charge is 0.331 e. The summed E-state index contributed by atoms with van der Waals surface area (Å²) in [6.07, 6.45) is 2.00. The van der Waals surface area contributed by atoms with Crippen LogP contribution in [0.4, 0.5) is 4.79 Å². The van der Waals surface area contributed by atoms with Crippen LogP contribution in [0.2, 0.25) is 0 Å². The first-order valence-electron chi connectivity index (χ1n) is 6.47. The molecular weight excluding hydrogens is 264 g/mol. The molecule has 0 aliphatic carbocycles. The average Bonchev–Trinajstić information content (AvgIpc) is 2.40. The van der Waals surface area contributed by atoms with Gasteiger partial charge >= 0.3 is 12.0 Å². The number of unbranched alkanes of at least 4 members (excludes halogenated alkanes) is 1. The number of carbonyl (C=O) groups excluding carboxylic acids is 2. The molecule has 0 aliphatic heterocycles. The maximum atomic E-state index is 11.5. The molecule has 0 aromatic heterocycles. The Morgan fingerprint density at radius 1 is 1.10 bits per heavy atom. The van der Waals surface area contributed by atoms with Gasteiger partial charge in [-0.05, 0) is 20.3 Å². The van der Waals surface area contributed by atoms with Crippen molar-refractivity contribution in [3.8, 4) is 0 Å². The van der Waals surface area contributed by atoms with Crippen LogP contribution in [0.3, 0.4) is 0 Å². The Kier molecular flexibility index (Phi) is 9.02. The van der Waals surface area contributed by atoms with Gasteiger partial charge in [-0.2, -0.15) is 0 Å². The first kappa shape index (κ1) is 18.1. The molecule has 0 radical (unpaired) electrons. The lowest BCUT2D eigenvalue weighted by molar-refractivity contribution is -0.133. The number of carboxylic acids is 1. The summed E-state index contributed by atoms with van der Waals surface area (Å²) in [6.45, 7) is 5.98. The minimum Gasteiger partial charge on any atom is -0.478 e. The number of aliphatic carboxylic acids is 1. The number of carboxylic acid groups (broad SMARTS) is 1. The van der Waals surface area contributed by atoms with Crippen molar-refractivity contribution in [2.24, 2.45) is 0 Å². The first-order valence-corrected chi connectivity index (χ1v) is 6.47. The highest BCUT2D eigenvalue weighted by Gasteiger charge is 2.14. The fourth-order valence-electron chi connectivity index (χ4n) is 1.16. The van der Waals surface area contributed by atoms with Gasteiger partial charge in [0.2, 0.25) is 0 Å². The molecule has 0 heterocycles. The monoisotopic (exact) mass is 286 g/mol. The third kappa shape index (κ3) is 7.52. The van der Waals surface area contributed by atoms with Gasteiger partial charge in [-0.25, -0.2) is 9.59 Å². The molecule has 3 amide bonds. The number of rotatable bonds is 8. The van der Waals surface area contributed by atoms with E-state index in [0.29, 0.717) is 13.2 Å². The molecule has 20 heavy (non-hydrogen) atoms. The molecular formula is C13H22N2O5. The molecule has 114 valence electrons. The number of ether oxygens (including phenoxy) is 1. The van der Waals surface area contributed by atoms with Crippen molar-refractivity contribution in [3.05, 3.63) is 11.1 Å². The molecule has 0 aromatic rings. The predicted molar refractivity (Wildman–Crippen MR) is 73.3 cm³/mol. The van der Waals surface area contributed by atoms with Crippen LogP contribution in [0.5, 0.6) is 0 Å². The summed E-state index contributed by atoms with van der Waals surface area (Å²) in [4.78, 5) is 33.6. The van der Waals surface area contributed by atoms with Gasteiger partial charge in [-0.15, -0.1) is 0 Å². The third-order valence-electron chi connectivity index (χ3n) is 2.63. The number of hydrogen-bond donors (Lipinski definition) is 3. The number of hydrogen-bond acceptors (Lipinski definition) is 4. The lowest BCUT2D eigenvalue weighted by Crippen LogP contribution is -2.41. The Morgan fingerprint density at radius 3 is 2.30 bits per heavy atom. The van der Waals surface area contributed by atoms with E-state index in [1.54, 1.807) is 0 Å². The maximum absolute atomic E-state index is 11.5. The Morgan fingerprint density at radius 2 is 1.75 bits per heavy atom. The van der Waals surface area contributed by atoms with Crippen LogP contribution in [-0.4, -0.2) is 42.8 Å². The van der Waals surface area contributed by atoms with E-state index in [1.165, 1.54) is 13.8 Å². The molecule has 0 rings (SSSR count). The molecule has 0 spiro atoms. The summed E-state index contributed by atoms with van der Waals surface area (Å²) in [6, 6.07) is -0.674. The Balaban J connectivity index is 4.00. The zero-order valence-electron chi connectivity index (χ0n) is 12.1. The normalized spacial score (nSPS) is 11.6. The lowest BCUT2D eigenvalue weighted by atomic mass is 10.1. The van der Waals surface area contributed by atoms with Crippen LogP contribution in [0.1, 0.15) is 33.6 Å². The topological polar surface area (TPSA) is 105 Å². The molecule has 0 fully saturated rings. The van der Waals surface area contributed by atoms with E-state index in [9.17, 15) is 14.4 Å². The van der Waals surface area contributed by atoms with Gasteiger partial charge < -0.3 is 15.2 Å². The lowest BCUT2D eigenvalue weighted by Gasteiger charge is -2.08. The second kappa shape index (κ2) is 9.96. The van der Waals surface area contributed by atoms with E-state index in [1.807, 2.05) is 0 Å². The van der Waals surface area contributed by atoms with Gasteiger partial charge in [0.1, 0.15) is 0 Å². The van der Waals surface area contributed by atoms with Crippen molar-refractivity contribution in [1.82, 2.24) is 10.6 Å². The highest BCUT2D eigenvalue weighted by molar-refractivity contribution is 6.07. The number of urea groups is 1. The highest BCUT2D eigenvalue weighted by atomic mass is 16.5. The van der Waals surface area contributed by atoms with E-state index in [4.69, 9.17) is 9.84 Å². The van der Waals surface area contributed by atoms with Gasteiger partial charge in [0, 0.05) is 24.3 Å². The average molecular weight is 286 g/mol. The van der Waals surface area contributed by atoms with Crippen molar-refractivity contribution in [2.75, 3.05) is 19.8 Å². The summed E-state index contributed by atoms with van der Waals surface area (Å²) in [5, 5.41) is 13.2. The van der Waals surface area contributed by atoms with E-state index in [0.717, 1.165) is 12.8 Å². The van der Waals surface area contributed by atoms with Crippen LogP contribution >= 0.6 is 0 Å². The maximum Gasteiger partial charge on any atom is 0.331 e. The van der Waals surface area contributed by atoms with E-state index < -0.39 is 17.9 Å². The molecule has 0 aliphatic rings. The molecule has 7 heteroatoms. The van der Waals surface area contributed by atoms with Gasteiger partial charge in [0.05, 0.1) is 6.61 Å².